The normalized spacial score (nSPS) is 22.5. The molecule has 126 valence electrons. The molecule has 0 bridgehead atoms. The molecule has 4 N–H and O–H groups in total. The molecule has 1 aromatic carbocycles. The van der Waals surface area contributed by atoms with Crippen molar-refractivity contribution in [2.45, 2.75) is 44.2 Å². The summed E-state index contributed by atoms with van der Waals surface area (Å²) in [6, 6.07) is 6.01. The first kappa shape index (κ1) is 15.0. The summed E-state index contributed by atoms with van der Waals surface area (Å²) in [6.07, 6.45) is 5.62. The van der Waals surface area contributed by atoms with Gasteiger partial charge >= 0.3 is 0 Å². The molecule has 0 radical (unpaired) electrons. The molecule has 1 aliphatic carbocycles. The van der Waals surface area contributed by atoms with Gasteiger partial charge in [-0.05, 0) is 43.4 Å². The Kier molecular flexibility index (Phi) is 3.26. The van der Waals surface area contributed by atoms with E-state index in [4.69, 9.17) is 11.5 Å². The summed E-state index contributed by atoms with van der Waals surface area (Å²) in [5.41, 5.74) is 14.6. The van der Waals surface area contributed by atoms with Gasteiger partial charge in [-0.15, -0.1) is 0 Å². The minimum Gasteiger partial charge on any atom is -0.369 e. The Labute approximate surface area is 141 Å². The van der Waals surface area contributed by atoms with Crippen molar-refractivity contribution >= 4 is 29.2 Å². The van der Waals surface area contributed by atoms with Crippen LogP contribution in [0, 0.1) is 0 Å². The molecule has 0 atom stereocenters. The van der Waals surface area contributed by atoms with Gasteiger partial charge in [0.25, 0.3) is 0 Å². The predicted octanol–water partition coefficient (Wildman–Crippen LogP) is 1.32. The number of carbonyl (C=O) groups is 1. The zero-order valence-electron chi connectivity index (χ0n) is 13.8. The van der Waals surface area contributed by atoms with Gasteiger partial charge in [-0.1, -0.05) is 12.5 Å². The van der Waals surface area contributed by atoms with Crippen LogP contribution < -0.4 is 21.3 Å². The summed E-state index contributed by atoms with van der Waals surface area (Å²) < 4.78 is 0. The van der Waals surface area contributed by atoms with Gasteiger partial charge < -0.3 is 16.4 Å². The highest BCUT2D eigenvalue weighted by molar-refractivity contribution is 6.07. The minimum absolute atomic E-state index is 0.108. The second-order valence-electron chi connectivity index (χ2n) is 6.76. The lowest BCUT2D eigenvalue weighted by molar-refractivity contribution is -0.117. The Balaban J connectivity index is 1.80. The fraction of sp³-hybridized carbons (Fsp3) is 0.471. The number of nitrogens with zero attached hydrogens (tertiary/aromatic N) is 4. The highest BCUT2D eigenvalue weighted by Gasteiger charge is 2.43. The van der Waals surface area contributed by atoms with E-state index in [1.165, 1.54) is 6.42 Å². The second-order valence-corrected chi connectivity index (χ2v) is 6.76. The molecule has 2 aliphatic heterocycles. The average Bonchev–Trinajstić information content (AvgIpc) is 2.82. The van der Waals surface area contributed by atoms with Crippen molar-refractivity contribution in [3.05, 3.63) is 23.8 Å². The zero-order chi connectivity index (χ0) is 16.9. The number of fused-ring (bicyclic) bond motifs is 1. The molecule has 1 amide bonds. The molecule has 1 fully saturated rings. The van der Waals surface area contributed by atoms with Crippen LogP contribution in [0.15, 0.2) is 28.2 Å². The van der Waals surface area contributed by atoms with Crippen LogP contribution in [-0.2, 0) is 11.2 Å². The zero-order valence-corrected chi connectivity index (χ0v) is 13.8. The second kappa shape index (κ2) is 5.22. The average molecular weight is 326 g/mol. The van der Waals surface area contributed by atoms with Crippen molar-refractivity contribution in [2.24, 2.45) is 21.5 Å². The van der Waals surface area contributed by atoms with E-state index < -0.39 is 5.66 Å². The van der Waals surface area contributed by atoms with Gasteiger partial charge in [0, 0.05) is 18.4 Å². The molecule has 1 saturated carbocycles. The Hall–Kier alpha value is -2.57. The number of likely N-dealkylation sites (N-methyl/N-ethyl adjacent to an activating group) is 1. The molecule has 3 aliphatic rings. The number of hydrogen-bond acceptors (Lipinski definition) is 6. The largest absolute Gasteiger partial charge is 0.369 e. The monoisotopic (exact) mass is 326 g/mol. The van der Waals surface area contributed by atoms with Gasteiger partial charge in [0.1, 0.15) is 5.66 Å². The minimum atomic E-state index is -0.455. The Morgan fingerprint density at radius 3 is 2.67 bits per heavy atom. The van der Waals surface area contributed by atoms with Gasteiger partial charge in [-0.3, -0.25) is 9.69 Å². The third kappa shape index (κ3) is 2.15. The highest BCUT2D eigenvalue weighted by Crippen LogP contribution is 2.41. The molecule has 0 unspecified atom stereocenters. The SMILES string of the molecule is CN1C(=O)Cc2ccc(N3C(N)=NC(N)=NC34CCCCC4)cc21. The summed E-state index contributed by atoms with van der Waals surface area (Å²) >= 11 is 0. The van der Waals surface area contributed by atoms with Crippen LogP contribution in [0.2, 0.25) is 0 Å². The van der Waals surface area contributed by atoms with Crippen LogP contribution in [0.25, 0.3) is 0 Å². The molecule has 2 heterocycles. The van der Waals surface area contributed by atoms with Gasteiger partial charge in [-0.2, -0.15) is 4.99 Å². The molecular formula is C17H22N6O. The highest BCUT2D eigenvalue weighted by atomic mass is 16.2. The Morgan fingerprint density at radius 1 is 1.17 bits per heavy atom. The van der Waals surface area contributed by atoms with E-state index in [2.05, 4.69) is 9.98 Å². The molecule has 7 nitrogen and oxygen atoms in total. The number of nitrogens with two attached hydrogens (primary N) is 2. The molecule has 1 aromatic rings. The van der Waals surface area contributed by atoms with E-state index in [1.54, 1.807) is 11.9 Å². The maximum absolute atomic E-state index is 11.9. The lowest BCUT2D eigenvalue weighted by atomic mass is 9.87. The number of carbonyl (C=O) groups excluding carboxylic acids is 1. The van der Waals surface area contributed by atoms with Crippen LogP contribution in [0.1, 0.15) is 37.7 Å². The van der Waals surface area contributed by atoms with Crippen LogP contribution in [-0.4, -0.2) is 30.5 Å². The lowest BCUT2D eigenvalue weighted by Crippen LogP contribution is -2.58. The number of hydrogen-bond donors (Lipinski definition) is 2. The summed E-state index contributed by atoms with van der Waals surface area (Å²) in [6.45, 7) is 0. The van der Waals surface area contributed by atoms with Crippen molar-refractivity contribution < 1.29 is 4.79 Å². The van der Waals surface area contributed by atoms with Crippen LogP contribution in [0.3, 0.4) is 0 Å². The maximum atomic E-state index is 11.9. The third-order valence-electron chi connectivity index (χ3n) is 5.26. The van der Waals surface area contributed by atoms with E-state index in [9.17, 15) is 4.79 Å². The fourth-order valence-electron chi connectivity index (χ4n) is 4.06. The van der Waals surface area contributed by atoms with E-state index in [0.717, 1.165) is 42.6 Å². The van der Waals surface area contributed by atoms with Gasteiger partial charge in [0.05, 0.1) is 6.42 Å². The van der Waals surface area contributed by atoms with Gasteiger partial charge in [0.15, 0.2) is 0 Å². The topological polar surface area (TPSA) is 100 Å². The third-order valence-corrected chi connectivity index (χ3v) is 5.26. The smallest absolute Gasteiger partial charge is 0.231 e. The quantitative estimate of drug-likeness (QED) is 0.812. The number of anilines is 2. The summed E-state index contributed by atoms with van der Waals surface area (Å²) in [4.78, 5) is 24.5. The molecule has 1 spiro atoms. The number of rotatable bonds is 1. The van der Waals surface area contributed by atoms with E-state index in [1.807, 2.05) is 23.1 Å². The van der Waals surface area contributed by atoms with Crippen molar-refractivity contribution in [3.8, 4) is 0 Å². The Morgan fingerprint density at radius 2 is 1.92 bits per heavy atom. The number of guanidine groups is 2. The number of aliphatic imine (C=N–C) groups is 2. The molecule has 24 heavy (non-hydrogen) atoms. The lowest BCUT2D eigenvalue weighted by Gasteiger charge is -2.45. The molecular weight excluding hydrogens is 304 g/mol. The first-order valence-electron chi connectivity index (χ1n) is 8.39. The standard InChI is InChI=1S/C17H22N6O/c1-22-13-10-12(6-5-11(13)9-14(22)24)23-16(19)20-15(18)21-17(23)7-3-2-4-8-17/h5-6,10H,2-4,7-9H2,1H3,(H4,18,19,20,21). The van der Waals surface area contributed by atoms with Crippen molar-refractivity contribution in [1.29, 1.82) is 0 Å². The first-order chi connectivity index (χ1) is 11.5. The maximum Gasteiger partial charge on any atom is 0.231 e. The summed E-state index contributed by atoms with van der Waals surface area (Å²) in [7, 11) is 1.80. The van der Waals surface area contributed by atoms with Crippen LogP contribution in [0.4, 0.5) is 11.4 Å². The van der Waals surface area contributed by atoms with Crippen molar-refractivity contribution in [3.63, 3.8) is 0 Å². The fourth-order valence-corrected chi connectivity index (χ4v) is 4.06. The van der Waals surface area contributed by atoms with Gasteiger partial charge in [-0.25, -0.2) is 4.99 Å². The van der Waals surface area contributed by atoms with E-state index in [0.29, 0.717) is 12.4 Å². The Bertz CT molecular complexity index is 762. The predicted molar refractivity (Wildman–Crippen MR) is 95.1 cm³/mol. The van der Waals surface area contributed by atoms with Crippen LogP contribution in [0.5, 0.6) is 0 Å². The molecule has 0 aromatic heterocycles. The van der Waals surface area contributed by atoms with E-state index in [-0.39, 0.29) is 11.9 Å². The van der Waals surface area contributed by atoms with Crippen molar-refractivity contribution in [2.75, 3.05) is 16.8 Å². The molecule has 0 saturated heterocycles. The first-order valence-corrected chi connectivity index (χ1v) is 8.39. The number of amides is 1. The van der Waals surface area contributed by atoms with Crippen molar-refractivity contribution in [1.82, 2.24) is 0 Å². The van der Waals surface area contributed by atoms with Gasteiger partial charge in [0.2, 0.25) is 17.8 Å². The molecule has 7 heteroatoms. The summed E-state index contributed by atoms with van der Waals surface area (Å²) in [5, 5.41) is 0. The van der Waals surface area contributed by atoms with E-state index >= 15 is 0 Å². The van der Waals surface area contributed by atoms with Crippen LogP contribution >= 0.6 is 0 Å². The molecule has 4 rings (SSSR count). The summed E-state index contributed by atoms with van der Waals surface area (Å²) in [5.74, 6) is 0.729. The number of benzene rings is 1.